The van der Waals surface area contributed by atoms with Crippen LogP contribution in [0.4, 0.5) is 5.69 Å². The summed E-state index contributed by atoms with van der Waals surface area (Å²) in [6.07, 6.45) is 0. The van der Waals surface area contributed by atoms with Crippen LogP contribution in [0.3, 0.4) is 0 Å². The molecule has 0 fully saturated rings. The fraction of sp³-hybridized carbons (Fsp3) is 0.118. The molecule has 2 aromatic rings. The van der Waals surface area contributed by atoms with Crippen molar-refractivity contribution in [3.63, 3.8) is 0 Å². The number of nitrogens with zero attached hydrogens (tertiary/aromatic N) is 2. The maximum atomic E-state index is 12.6. The summed E-state index contributed by atoms with van der Waals surface area (Å²) in [7, 11) is 0. The van der Waals surface area contributed by atoms with Crippen molar-refractivity contribution in [2.24, 2.45) is 5.10 Å². The van der Waals surface area contributed by atoms with Gasteiger partial charge < -0.3 is 10.1 Å². The van der Waals surface area contributed by atoms with Crippen molar-refractivity contribution in [2.75, 3.05) is 5.32 Å². The van der Waals surface area contributed by atoms with Crippen molar-refractivity contribution in [1.82, 2.24) is 5.01 Å². The van der Waals surface area contributed by atoms with Crippen molar-refractivity contribution in [3.8, 4) is 0 Å². The maximum Gasteiger partial charge on any atom is 0.314 e. The van der Waals surface area contributed by atoms with Crippen molar-refractivity contribution in [1.29, 1.82) is 0 Å². The number of ether oxygens (including phenoxy) is 1. The average molecular weight is 307 g/mol. The Balaban J connectivity index is 1.87. The maximum absolute atomic E-state index is 12.6. The highest BCUT2D eigenvalue weighted by molar-refractivity contribution is 6.10. The van der Waals surface area contributed by atoms with E-state index in [-0.39, 0.29) is 11.8 Å². The van der Waals surface area contributed by atoms with Crippen molar-refractivity contribution in [2.45, 2.75) is 12.6 Å². The van der Waals surface area contributed by atoms with Crippen molar-refractivity contribution < 1.29 is 14.3 Å². The van der Waals surface area contributed by atoms with Crippen LogP contribution in [0.5, 0.6) is 0 Å². The molecule has 114 valence electrons. The monoisotopic (exact) mass is 307 g/mol. The highest BCUT2D eigenvalue weighted by Crippen LogP contribution is 2.45. The molecular formula is C17H13N3O3. The van der Waals surface area contributed by atoms with Gasteiger partial charge in [-0.15, -0.1) is 5.10 Å². The first-order valence-electron chi connectivity index (χ1n) is 7.18. The van der Waals surface area contributed by atoms with Crippen molar-refractivity contribution >= 4 is 23.4 Å². The molecule has 1 atom stereocenters. The third kappa shape index (κ3) is 1.78. The van der Waals surface area contributed by atoms with Crippen LogP contribution in [-0.4, -0.2) is 22.7 Å². The van der Waals surface area contributed by atoms with Gasteiger partial charge in [-0.2, -0.15) is 5.01 Å². The summed E-state index contributed by atoms with van der Waals surface area (Å²) in [5.74, 6) is -0.556. The minimum atomic E-state index is -1.58. The van der Waals surface area contributed by atoms with Crippen LogP contribution in [0.25, 0.3) is 0 Å². The van der Waals surface area contributed by atoms with E-state index in [1.807, 2.05) is 36.4 Å². The Morgan fingerprint density at radius 1 is 1.13 bits per heavy atom. The predicted molar refractivity (Wildman–Crippen MR) is 83.3 cm³/mol. The third-order valence-corrected chi connectivity index (χ3v) is 3.90. The van der Waals surface area contributed by atoms with Crippen molar-refractivity contribution in [3.05, 3.63) is 65.7 Å². The molecule has 0 aromatic heterocycles. The molecule has 1 N–H and O–H groups in total. The van der Waals surface area contributed by atoms with Gasteiger partial charge in [-0.1, -0.05) is 36.4 Å². The Kier molecular flexibility index (Phi) is 2.74. The standard InChI is InChI=1S/C17H13N3O3/c1-11(21)20-17(13-9-5-6-10-14(13)18-16(17)22)23-15(19-20)12-7-3-2-4-8-12/h2-10H,1H3,(H,18,22)/t17-/m0/s1. The van der Waals surface area contributed by atoms with Gasteiger partial charge in [0.25, 0.3) is 5.91 Å². The number of hydrazone groups is 1. The summed E-state index contributed by atoms with van der Waals surface area (Å²) in [5.41, 5.74) is 0.323. The van der Waals surface area contributed by atoms with Gasteiger partial charge in [0.1, 0.15) is 0 Å². The summed E-state index contributed by atoms with van der Waals surface area (Å²) in [5, 5.41) is 8.12. The summed E-state index contributed by atoms with van der Waals surface area (Å²) < 4.78 is 5.95. The molecule has 1 spiro atoms. The number of nitrogens with one attached hydrogen (secondary N) is 1. The van der Waals surface area contributed by atoms with Gasteiger partial charge in [0.15, 0.2) is 0 Å². The first-order valence-corrected chi connectivity index (χ1v) is 7.18. The Hall–Kier alpha value is -3.15. The zero-order valence-electron chi connectivity index (χ0n) is 12.3. The molecule has 2 aliphatic rings. The molecular weight excluding hydrogens is 294 g/mol. The molecule has 0 bridgehead atoms. The lowest BCUT2D eigenvalue weighted by atomic mass is 10.0. The van der Waals surface area contributed by atoms with E-state index < -0.39 is 11.6 Å². The summed E-state index contributed by atoms with van der Waals surface area (Å²) in [6, 6.07) is 16.3. The number of benzene rings is 2. The first kappa shape index (κ1) is 13.5. The van der Waals surface area contributed by atoms with Gasteiger partial charge in [-0.25, -0.2) is 0 Å². The van der Waals surface area contributed by atoms with E-state index in [0.29, 0.717) is 16.8 Å². The van der Waals surface area contributed by atoms with Crippen LogP contribution in [0, 0.1) is 0 Å². The number of carbonyl (C=O) groups is 2. The Morgan fingerprint density at radius 2 is 1.83 bits per heavy atom. The van der Waals surface area contributed by atoms with Gasteiger partial charge >= 0.3 is 5.72 Å². The summed E-state index contributed by atoms with van der Waals surface area (Å²) in [4.78, 5) is 24.7. The lowest BCUT2D eigenvalue weighted by Crippen LogP contribution is -2.49. The summed E-state index contributed by atoms with van der Waals surface area (Å²) >= 11 is 0. The second-order valence-electron chi connectivity index (χ2n) is 5.35. The zero-order valence-corrected chi connectivity index (χ0v) is 12.3. The van der Waals surface area contributed by atoms with Gasteiger partial charge in [0.05, 0.1) is 11.3 Å². The molecule has 2 amide bonds. The number of rotatable bonds is 1. The van der Waals surface area contributed by atoms with E-state index in [0.717, 1.165) is 5.01 Å². The minimum absolute atomic E-state index is 0.243. The fourth-order valence-electron chi connectivity index (χ4n) is 2.88. The zero-order chi connectivity index (χ0) is 16.0. The molecule has 2 aliphatic heterocycles. The summed E-state index contributed by atoms with van der Waals surface area (Å²) in [6.45, 7) is 1.36. The average Bonchev–Trinajstić information content (AvgIpc) is 3.10. The molecule has 0 unspecified atom stereocenters. The lowest BCUT2D eigenvalue weighted by Gasteiger charge is -2.28. The molecule has 6 nitrogen and oxygen atoms in total. The van der Waals surface area contributed by atoms with Crippen LogP contribution >= 0.6 is 0 Å². The third-order valence-electron chi connectivity index (χ3n) is 3.90. The van der Waals surface area contributed by atoms with Gasteiger partial charge in [0.2, 0.25) is 11.8 Å². The highest BCUT2D eigenvalue weighted by Gasteiger charge is 2.59. The van der Waals surface area contributed by atoms with E-state index in [1.54, 1.807) is 18.2 Å². The number of carbonyl (C=O) groups excluding carboxylic acids is 2. The molecule has 2 heterocycles. The van der Waals surface area contributed by atoms with Crippen LogP contribution in [0.1, 0.15) is 18.1 Å². The molecule has 23 heavy (non-hydrogen) atoms. The number of anilines is 1. The van der Waals surface area contributed by atoms with Crippen LogP contribution in [-0.2, 0) is 20.1 Å². The van der Waals surface area contributed by atoms with Gasteiger partial charge in [-0.3, -0.25) is 9.59 Å². The molecule has 0 aliphatic carbocycles. The van der Waals surface area contributed by atoms with Gasteiger partial charge in [-0.05, 0) is 18.2 Å². The first-order chi connectivity index (χ1) is 11.1. The van der Waals surface area contributed by atoms with Crippen LogP contribution < -0.4 is 5.32 Å². The van der Waals surface area contributed by atoms with E-state index in [4.69, 9.17) is 4.74 Å². The number of hydrogen-bond acceptors (Lipinski definition) is 4. The van der Waals surface area contributed by atoms with Gasteiger partial charge in [0, 0.05) is 12.5 Å². The molecule has 0 radical (unpaired) electrons. The fourth-order valence-corrected chi connectivity index (χ4v) is 2.88. The number of amides is 2. The Morgan fingerprint density at radius 3 is 2.57 bits per heavy atom. The number of para-hydroxylation sites is 1. The second-order valence-corrected chi connectivity index (χ2v) is 5.35. The van der Waals surface area contributed by atoms with E-state index in [1.165, 1.54) is 6.92 Å². The number of fused-ring (bicyclic) bond motifs is 2. The van der Waals surface area contributed by atoms with Crippen LogP contribution in [0.2, 0.25) is 0 Å². The molecule has 4 rings (SSSR count). The van der Waals surface area contributed by atoms with E-state index >= 15 is 0 Å². The molecule has 0 saturated carbocycles. The predicted octanol–water partition coefficient (Wildman–Crippen LogP) is 2.03. The Bertz CT molecular complexity index is 847. The molecule has 2 aromatic carbocycles. The second kappa shape index (κ2) is 4.67. The topological polar surface area (TPSA) is 71.0 Å². The SMILES string of the molecule is CC(=O)N1N=C(c2ccccc2)O[C@@]12C(=O)Nc1ccccc12. The quantitative estimate of drug-likeness (QED) is 0.876. The minimum Gasteiger partial charge on any atom is -0.433 e. The largest absolute Gasteiger partial charge is 0.433 e. The van der Waals surface area contributed by atoms with E-state index in [2.05, 4.69) is 10.4 Å². The highest BCUT2D eigenvalue weighted by atomic mass is 16.6. The smallest absolute Gasteiger partial charge is 0.314 e. The molecule has 0 saturated heterocycles. The molecule has 6 heteroatoms. The van der Waals surface area contributed by atoms with E-state index in [9.17, 15) is 9.59 Å². The number of hydrogen-bond donors (Lipinski definition) is 1. The Labute approximate surface area is 132 Å². The normalized spacial score (nSPS) is 21.7. The lowest BCUT2D eigenvalue weighted by molar-refractivity contribution is -0.160. The van der Waals surface area contributed by atoms with Crippen LogP contribution in [0.15, 0.2) is 59.7 Å².